The second-order valence-electron chi connectivity index (χ2n) is 5.10. The molecule has 0 atom stereocenters. The first-order valence-electron chi connectivity index (χ1n) is 7.76. The standard InChI is InChI=1S/C18H25NO2/c1-2-3-4-5-6-7-10-18(21)19-17-13-11-16(12-14-17)9-8-15-20/h11-14,20H,2-7,10,15H2,1H3,(H,19,21). The quantitative estimate of drug-likeness (QED) is 0.565. The molecule has 21 heavy (non-hydrogen) atoms. The average molecular weight is 287 g/mol. The summed E-state index contributed by atoms with van der Waals surface area (Å²) in [6.45, 7) is 2.06. The van der Waals surface area contributed by atoms with Gasteiger partial charge in [0, 0.05) is 17.7 Å². The zero-order chi connectivity index (χ0) is 15.3. The number of benzene rings is 1. The molecule has 0 aliphatic carbocycles. The topological polar surface area (TPSA) is 49.3 Å². The lowest BCUT2D eigenvalue weighted by Gasteiger charge is -2.05. The van der Waals surface area contributed by atoms with Gasteiger partial charge in [0.25, 0.3) is 0 Å². The van der Waals surface area contributed by atoms with E-state index in [0.29, 0.717) is 6.42 Å². The molecule has 0 fully saturated rings. The third-order valence-corrected chi connectivity index (χ3v) is 3.24. The first-order valence-corrected chi connectivity index (χ1v) is 7.76. The van der Waals surface area contributed by atoms with E-state index in [1.54, 1.807) is 0 Å². The van der Waals surface area contributed by atoms with Crippen LogP contribution in [0.2, 0.25) is 0 Å². The maximum absolute atomic E-state index is 11.8. The summed E-state index contributed by atoms with van der Waals surface area (Å²) in [5, 5.41) is 11.5. The lowest BCUT2D eigenvalue weighted by atomic mass is 10.1. The Balaban J connectivity index is 2.25. The number of hydrogen-bond donors (Lipinski definition) is 2. The summed E-state index contributed by atoms with van der Waals surface area (Å²) in [4.78, 5) is 11.8. The minimum absolute atomic E-state index is 0.0692. The van der Waals surface area contributed by atoms with Crippen LogP contribution in [0.5, 0.6) is 0 Å². The molecule has 3 heteroatoms. The summed E-state index contributed by atoms with van der Waals surface area (Å²) >= 11 is 0. The molecule has 0 aliphatic heterocycles. The molecule has 0 bridgehead atoms. The normalized spacial score (nSPS) is 9.81. The fraction of sp³-hybridized carbons (Fsp3) is 0.500. The van der Waals surface area contributed by atoms with Crippen molar-refractivity contribution in [2.24, 2.45) is 0 Å². The van der Waals surface area contributed by atoms with Crippen molar-refractivity contribution in [3.63, 3.8) is 0 Å². The highest BCUT2D eigenvalue weighted by Crippen LogP contribution is 2.11. The zero-order valence-corrected chi connectivity index (χ0v) is 12.8. The van der Waals surface area contributed by atoms with Crippen molar-refractivity contribution in [1.82, 2.24) is 0 Å². The average Bonchev–Trinajstić information content (AvgIpc) is 2.50. The highest BCUT2D eigenvalue weighted by Gasteiger charge is 2.02. The molecule has 0 heterocycles. The minimum atomic E-state index is -0.142. The predicted molar refractivity (Wildman–Crippen MR) is 87.0 cm³/mol. The Kier molecular flexibility index (Phi) is 8.99. The molecule has 1 rings (SSSR count). The molecule has 1 aromatic rings. The zero-order valence-electron chi connectivity index (χ0n) is 12.8. The third kappa shape index (κ3) is 8.16. The molecule has 1 amide bonds. The summed E-state index contributed by atoms with van der Waals surface area (Å²) < 4.78 is 0. The van der Waals surface area contributed by atoms with E-state index in [9.17, 15) is 4.79 Å². The number of rotatable bonds is 8. The van der Waals surface area contributed by atoms with E-state index in [1.165, 1.54) is 25.7 Å². The van der Waals surface area contributed by atoms with Crippen molar-refractivity contribution in [1.29, 1.82) is 0 Å². The first kappa shape index (κ1) is 17.3. The summed E-state index contributed by atoms with van der Waals surface area (Å²) in [5.41, 5.74) is 1.62. The lowest BCUT2D eigenvalue weighted by molar-refractivity contribution is -0.116. The highest BCUT2D eigenvalue weighted by atomic mass is 16.2. The van der Waals surface area contributed by atoms with Gasteiger partial charge in [0.15, 0.2) is 0 Å². The van der Waals surface area contributed by atoms with Gasteiger partial charge in [-0.15, -0.1) is 0 Å². The number of anilines is 1. The smallest absolute Gasteiger partial charge is 0.224 e. The molecular weight excluding hydrogens is 262 g/mol. The van der Waals surface area contributed by atoms with Gasteiger partial charge in [0.05, 0.1) is 0 Å². The van der Waals surface area contributed by atoms with E-state index in [0.717, 1.165) is 24.1 Å². The van der Waals surface area contributed by atoms with E-state index in [-0.39, 0.29) is 12.5 Å². The van der Waals surface area contributed by atoms with Gasteiger partial charge < -0.3 is 10.4 Å². The Morgan fingerprint density at radius 2 is 1.76 bits per heavy atom. The molecule has 3 nitrogen and oxygen atoms in total. The molecule has 0 spiro atoms. The molecule has 0 saturated heterocycles. The fourth-order valence-corrected chi connectivity index (χ4v) is 2.07. The monoisotopic (exact) mass is 287 g/mol. The van der Waals surface area contributed by atoms with E-state index < -0.39 is 0 Å². The number of aliphatic hydroxyl groups excluding tert-OH is 1. The Bertz CT molecular complexity index is 468. The van der Waals surface area contributed by atoms with Crippen LogP contribution in [-0.2, 0) is 4.79 Å². The first-order chi connectivity index (χ1) is 10.3. The minimum Gasteiger partial charge on any atom is -0.384 e. The molecule has 0 aromatic heterocycles. The van der Waals surface area contributed by atoms with E-state index in [4.69, 9.17) is 5.11 Å². The van der Waals surface area contributed by atoms with Crippen molar-refractivity contribution >= 4 is 11.6 Å². The number of nitrogens with one attached hydrogen (secondary N) is 1. The molecule has 0 saturated carbocycles. The van der Waals surface area contributed by atoms with Gasteiger partial charge in [0.1, 0.15) is 6.61 Å². The third-order valence-electron chi connectivity index (χ3n) is 3.24. The maximum atomic E-state index is 11.8. The number of hydrogen-bond acceptors (Lipinski definition) is 2. The van der Waals surface area contributed by atoms with Crippen LogP contribution < -0.4 is 5.32 Å². The molecule has 0 unspecified atom stereocenters. The van der Waals surface area contributed by atoms with Crippen molar-refractivity contribution < 1.29 is 9.90 Å². The van der Waals surface area contributed by atoms with Crippen LogP contribution in [0.1, 0.15) is 57.4 Å². The number of aliphatic hydroxyl groups is 1. The number of carbonyl (C=O) groups is 1. The van der Waals surface area contributed by atoms with Crippen molar-refractivity contribution in [2.45, 2.75) is 51.9 Å². The Morgan fingerprint density at radius 1 is 1.10 bits per heavy atom. The van der Waals surface area contributed by atoms with Crippen LogP contribution in [0.3, 0.4) is 0 Å². The maximum Gasteiger partial charge on any atom is 0.224 e. The number of amides is 1. The lowest BCUT2D eigenvalue weighted by Crippen LogP contribution is -2.10. The van der Waals surface area contributed by atoms with Crippen LogP contribution in [0, 0.1) is 11.8 Å². The van der Waals surface area contributed by atoms with Gasteiger partial charge in [-0.2, -0.15) is 0 Å². The second kappa shape index (κ2) is 10.9. The van der Waals surface area contributed by atoms with Gasteiger partial charge in [-0.25, -0.2) is 0 Å². The molecule has 0 radical (unpaired) electrons. The largest absolute Gasteiger partial charge is 0.384 e. The van der Waals surface area contributed by atoms with Gasteiger partial charge in [-0.1, -0.05) is 50.9 Å². The van der Waals surface area contributed by atoms with Crippen molar-refractivity contribution in [3.05, 3.63) is 29.8 Å². The Hall–Kier alpha value is -1.79. The molecule has 2 N–H and O–H groups in total. The summed E-state index contributed by atoms with van der Waals surface area (Å²) in [6.07, 6.45) is 7.70. The Morgan fingerprint density at radius 3 is 2.43 bits per heavy atom. The van der Waals surface area contributed by atoms with Gasteiger partial charge >= 0.3 is 0 Å². The van der Waals surface area contributed by atoms with Gasteiger partial charge in [-0.05, 0) is 30.7 Å². The molecule has 0 aliphatic rings. The Labute approximate surface area is 127 Å². The van der Waals surface area contributed by atoms with E-state index in [1.807, 2.05) is 24.3 Å². The van der Waals surface area contributed by atoms with Crippen LogP contribution in [-0.4, -0.2) is 17.6 Å². The molecule has 1 aromatic carbocycles. The summed E-state index contributed by atoms with van der Waals surface area (Å²) in [7, 11) is 0. The van der Waals surface area contributed by atoms with E-state index in [2.05, 4.69) is 24.1 Å². The number of carbonyl (C=O) groups excluding carboxylic acids is 1. The van der Waals surface area contributed by atoms with Gasteiger partial charge in [-0.3, -0.25) is 4.79 Å². The molecular formula is C18H25NO2. The van der Waals surface area contributed by atoms with Crippen molar-refractivity contribution in [3.8, 4) is 11.8 Å². The van der Waals surface area contributed by atoms with Crippen LogP contribution >= 0.6 is 0 Å². The predicted octanol–water partition coefficient (Wildman–Crippen LogP) is 3.72. The number of unbranched alkanes of at least 4 members (excludes halogenated alkanes) is 5. The van der Waals surface area contributed by atoms with E-state index >= 15 is 0 Å². The van der Waals surface area contributed by atoms with Crippen molar-refractivity contribution in [2.75, 3.05) is 11.9 Å². The summed E-state index contributed by atoms with van der Waals surface area (Å²) in [6, 6.07) is 7.34. The van der Waals surface area contributed by atoms with Crippen LogP contribution in [0.15, 0.2) is 24.3 Å². The SMILES string of the molecule is CCCCCCCCC(=O)Nc1ccc(C#CCO)cc1. The van der Waals surface area contributed by atoms with Crippen LogP contribution in [0.4, 0.5) is 5.69 Å². The van der Waals surface area contributed by atoms with Crippen LogP contribution in [0.25, 0.3) is 0 Å². The van der Waals surface area contributed by atoms with Gasteiger partial charge in [0.2, 0.25) is 5.91 Å². The summed E-state index contributed by atoms with van der Waals surface area (Å²) in [5.74, 6) is 5.48. The molecule has 114 valence electrons. The highest BCUT2D eigenvalue weighted by molar-refractivity contribution is 5.90. The second-order valence-corrected chi connectivity index (χ2v) is 5.10. The fourth-order valence-electron chi connectivity index (χ4n) is 2.07.